The zero-order valence-corrected chi connectivity index (χ0v) is 13.4. The van der Waals surface area contributed by atoms with E-state index in [9.17, 15) is 50.3 Å². The summed E-state index contributed by atoms with van der Waals surface area (Å²) in [5.41, 5.74) is 0. The SMILES string of the molecule is O=[P+]([O-])[C@@]1(CO)O[C@@H](O)[C@H](O)[C@H](O)[C@@H]1O[C@@H]1O[C@H](O)[C@@H](O)[C@H](O)[C@H]1O. The first-order valence-electron chi connectivity index (χ1n) is 7.07. The highest BCUT2D eigenvalue weighted by molar-refractivity contribution is 7.38. The maximum absolute atomic E-state index is 11.5. The molecule has 13 nitrogen and oxygen atoms in total. The standard InChI is InChI=1S/C11H19O13P/c12-1-11(25(20)21)7(3(14)5(16)9(19)24-11)22-10-6(17)2(13)4(15)8(18)23-10/h2-10,12-19H,1H2/t2-,3-,4-,5+,6+,7-,8-,9+,10+,11+/m0/s1. The van der Waals surface area contributed by atoms with Crippen molar-refractivity contribution in [3.8, 4) is 0 Å². The Hall–Kier alpha value is -0.380. The Labute approximate surface area is 141 Å². The van der Waals surface area contributed by atoms with Crippen molar-refractivity contribution < 1.29 is 64.5 Å². The Kier molecular flexibility index (Phi) is 6.44. The predicted octanol–water partition coefficient (Wildman–Crippen LogP) is -6.01. The Morgan fingerprint density at radius 1 is 0.920 bits per heavy atom. The number of hydrogen-bond donors (Lipinski definition) is 8. The molecule has 0 bridgehead atoms. The van der Waals surface area contributed by atoms with Crippen LogP contribution in [-0.2, 0) is 18.8 Å². The zero-order valence-electron chi connectivity index (χ0n) is 12.5. The molecule has 2 rings (SSSR count). The van der Waals surface area contributed by atoms with Crippen LogP contribution in [0.2, 0.25) is 0 Å². The van der Waals surface area contributed by atoms with E-state index < -0.39 is 75.5 Å². The molecule has 0 aromatic heterocycles. The number of ether oxygens (including phenoxy) is 3. The molecule has 11 atom stereocenters. The second-order valence-corrected chi connectivity index (χ2v) is 6.94. The fraction of sp³-hybridized carbons (Fsp3) is 1.00. The van der Waals surface area contributed by atoms with E-state index in [1.165, 1.54) is 0 Å². The highest BCUT2D eigenvalue weighted by Crippen LogP contribution is 2.45. The van der Waals surface area contributed by atoms with Gasteiger partial charge in [-0.15, -0.1) is 0 Å². The maximum Gasteiger partial charge on any atom is 0.350 e. The third-order valence-corrected chi connectivity index (χ3v) is 5.20. The molecule has 8 N–H and O–H groups in total. The fourth-order valence-corrected chi connectivity index (χ4v) is 3.30. The minimum atomic E-state index is -3.73. The molecule has 146 valence electrons. The van der Waals surface area contributed by atoms with Crippen LogP contribution in [0.5, 0.6) is 0 Å². The van der Waals surface area contributed by atoms with Crippen molar-refractivity contribution in [2.24, 2.45) is 0 Å². The van der Waals surface area contributed by atoms with Crippen LogP contribution in [0.15, 0.2) is 0 Å². The lowest BCUT2D eigenvalue weighted by atomic mass is 9.97. The number of rotatable bonds is 4. The first-order valence-corrected chi connectivity index (χ1v) is 8.25. The monoisotopic (exact) mass is 390 g/mol. The fourth-order valence-electron chi connectivity index (χ4n) is 2.57. The summed E-state index contributed by atoms with van der Waals surface area (Å²) in [6, 6.07) is 0. The molecule has 2 aliphatic rings. The van der Waals surface area contributed by atoms with Gasteiger partial charge in [-0.05, 0) is 0 Å². The van der Waals surface area contributed by atoms with E-state index in [-0.39, 0.29) is 0 Å². The van der Waals surface area contributed by atoms with Crippen LogP contribution < -0.4 is 4.89 Å². The molecule has 2 saturated heterocycles. The number of hydrogen-bond acceptors (Lipinski definition) is 13. The molecule has 0 aromatic rings. The van der Waals surface area contributed by atoms with Gasteiger partial charge in [0.2, 0.25) is 0 Å². The molecule has 0 saturated carbocycles. The van der Waals surface area contributed by atoms with Gasteiger partial charge < -0.3 is 55.2 Å². The van der Waals surface area contributed by atoms with Gasteiger partial charge in [0.15, 0.2) is 25.0 Å². The molecule has 0 spiro atoms. The summed E-state index contributed by atoms with van der Waals surface area (Å²) in [6.45, 7) is -1.31. The molecule has 0 aromatic carbocycles. The molecule has 0 amide bonds. The second-order valence-electron chi connectivity index (χ2n) is 5.67. The van der Waals surface area contributed by atoms with Crippen molar-refractivity contribution in [2.45, 2.75) is 60.8 Å². The van der Waals surface area contributed by atoms with Gasteiger partial charge in [-0.2, -0.15) is 0 Å². The predicted molar refractivity (Wildman–Crippen MR) is 70.3 cm³/mol. The molecular formula is C11H19O13P. The van der Waals surface area contributed by atoms with Crippen LogP contribution >= 0.6 is 8.03 Å². The lowest BCUT2D eigenvalue weighted by molar-refractivity contribution is -0.384. The van der Waals surface area contributed by atoms with E-state index in [4.69, 9.17) is 14.2 Å². The molecule has 1 unspecified atom stereocenters. The summed E-state index contributed by atoms with van der Waals surface area (Å²) in [7, 11) is -3.73. The minimum Gasteiger partial charge on any atom is -0.593 e. The molecule has 14 heteroatoms. The van der Waals surface area contributed by atoms with E-state index in [1.54, 1.807) is 0 Å². The van der Waals surface area contributed by atoms with Gasteiger partial charge in [-0.1, -0.05) is 4.57 Å². The Bertz CT molecular complexity index is 493. The van der Waals surface area contributed by atoms with E-state index in [2.05, 4.69) is 0 Å². The average Bonchev–Trinajstić information content (AvgIpc) is 2.57. The molecule has 2 heterocycles. The van der Waals surface area contributed by atoms with Gasteiger partial charge in [0.05, 0.1) is 0 Å². The normalized spacial score (nSPS) is 52.0. The highest BCUT2D eigenvalue weighted by Gasteiger charge is 2.64. The number of aliphatic hydroxyl groups is 8. The van der Waals surface area contributed by atoms with Gasteiger partial charge in [0.25, 0.3) is 0 Å². The third kappa shape index (κ3) is 3.57. The van der Waals surface area contributed by atoms with Gasteiger partial charge in [0.1, 0.15) is 37.1 Å². The maximum atomic E-state index is 11.5. The molecule has 0 aliphatic carbocycles. The second kappa shape index (κ2) is 7.70. The zero-order chi connectivity index (χ0) is 19.1. The van der Waals surface area contributed by atoms with Gasteiger partial charge in [-0.25, -0.2) is 0 Å². The van der Waals surface area contributed by atoms with Crippen molar-refractivity contribution >= 4 is 8.03 Å². The lowest BCUT2D eigenvalue weighted by Crippen LogP contribution is -2.68. The summed E-state index contributed by atoms with van der Waals surface area (Å²) in [5, 5.41) is 74.1. The van der Waals surface area contributed by atoms with Crippen molar-refractivity contribution in [1.29, 1.82) is 0 Å². The topological polar surface area (TPSA) is 230 Å². The largest absolute Gasteiger partial charge is 0.593 e. The van der Waals surface area contributed by atoms with Crippen molar-refractivity contribution in [2.75, 3.05) is 6.61 Å². The van der Waals surface area contributed by atoms with Crippen LogP contribution in [0.1, 0.15) is 0 Å². The Morgan fingerprint density at radius 2 is 1.48 bits per heavy atom. The van der Waals surface area contributed by atoms with Crippen LogP contribution in [0, 0.1) is 0 Å². The van der Waals surface area contributed by atoms with Gasteiger partial charge in [-0.3, -0.25) is 4.74 Å². The van der Waals surface area contributed by atoms with Crippen LogP contribution in [0.25, 0.3) is 0 Å². The van der Waals surface area contributed by atoms with Crippen molar-refractivity contribution in [1.82, 2.24) is 0 Å². The molecule has 0 radical (unpaired) electrons. The van der Waals surface area contributed by atoms with E-state index in [0.717, 1.165) is 0 Å². The summed E-state index contributed by atoms with van der Waals surface area (Å²) in [6.07, 6.45) is -18.3. The molecule has 2 fully saturated rings. The first-order chi connectivity index (χ1) is 11.6. The van der Waals surface area contributed by atoms with Crippen molar-refractivity contribution in [3.05, 3.63) is 0 Å². The average molecular weight is 390 g/mol. The van der Waals surface area contributed by atoms with E-state index in [1.807, 2.05) is 0 Å². The summed E-state index contributed by atoms with van der Waals surface area (Å²) < 4.78 is 26.0. The molecule has 2 aliphatic heterocycles. The molecular weight excluding hydrogens is 371 g/mol. The Morgan fingerprint density at radius 3 is 2.00 bits per heavy atom. The van der Waals surface area contributed by atoms with Gasteiger partial charge >= 0.3 is 13.4 Å². The summed E-state index contributed by atoms with van der Waals surface area (Å²) >= 11 is 0. The minimum absolute atomic E-state index is 1.31. The quantitative estimate of drug-likeness (QED) is 0.209. The lowest BCUT2D eigenvalue weighted by Gasteiger charge is -2.46. The molecule has 25 heavy (non-hydrogen) atoms. The number of aliphatic hydroxyl groups excluding tert-OH is 8. The summed E-state index contributed by atoms with van der Waals surface area (Å²) in [5.74, 6) is 0. The van der Waals surface area contributed by atoms with E-state index >= 15 is 0 Å². The van der Waals surface area contributed by atoms with E-state index in [0.29, 0.717) is 0 Å². The van der Waals surface area contributed by atoms with Crippen LogP contribution in [-0.4, -0.2) is 108 Å². The van der Waals surface area contributed by atoms with Crippen LogP contribution in [0.3, 0.4) is 0 Å². The smallest absolute Gasteiger partial charge is 0.350 e. The third-order valence-electron chi connectivity index (χ3n) is 4.08. The highest BCUT2D eigenvalue weighted by atomic mass is 31.1. The van der Waals surface area contributed by atoms with Crippen LogP contribution in [0.4, 0.5) is 0 Å². The Balaban J connectivity index is 2.31. The summed E-state index contributed by atoms with van der Waals surface area (Å²) in [4.78, 5) is 11.5. The van der Waals surface area contributed by atoms with Crippen molar-refractivity contribution in [3.63, 3.8) is 0 Å². The van der Waals surface area contributed by atoms with Gasteiger partial charge in [0, 0.05) is 0 Å². The first kappa shape index (κ1) is 20.9.